The summed E-state index contributed by atoms with van der Waals surface area (Å²) in [5, 5.41) is 4.70. The zero-order chi connectivity index (χ0) is 14.3. The first-order valence-electron chi connectivity index (χ1n) is 6.24. The lowest BCUT2D eigenvalue weighted by Gasteiger charge is -2.19. The van der Waals surface area contributed by atoms with Crippen LogP contribution in [0.1, 0.15) is 17.4 Å². The van der Waals surface area contributed by atoms with Gasteiger partial charge in [-0.1, -0.05) is 18.8 Å². The molecule has 0 aliphatic rings. The Kier molecular flexibility index (Phi) is 6.57. The maximum absolute atomic E-state index is 11.5. The van der Waals surface area contributed by atoms with Gasteiger partial charge in [0.15, 0.2) is 0 Å². The van der Waals surface area contributed by atoms with E-state index in [2.05, 4.69) is 22.1 Å². The van der Waals surface area contributed by atoms with E-state index in [9.17, 15) is 4.79 Å². The first kappa shape index (κ1) is 15.7. The second-order valence-electron chi connectivity index (χ2n) is 4.48. The zero-order valence-electron chi connectivity index (χ0n) is 11.7. The smallest absolute Gasteiger partial charge is 0.223 e. The van der Waals surface area contributed by atoms with Crippen molar-refractivity contribution in [2.24, 2.45) is 11.7 Å². The highest BCUT2D eigenvalue weighted by Gasteiger charge is 2.14. The van der Waals surface area contributed by atoms with Crippen LogP contribution in [0.25, 0.3) is 0 Å². The number of hydrogen-bond donors (Lipinski definition) is 2. The highest BCUT2D eigenvalue weighted by atomic mass is 32.1. The number of thiophene rings is 1. The minimum Gasteiger partial charge on any atom is -0.359 e. The molecule has 0 saturated heterocycles. The van der Waals surface area contributed by atoms with Crippen LogP contribution in [0.15, 0.2) is 11.4 Å². The summed E-state index contributed by atoms with van der Waals surface area (Å²) in [5.74, 6) is 6.00. The highest BCUT2D eigenvalue weighted by Crippen LogP contribution is 2.18. The van der Waals surface area contributed by atoms with Crippen molar-refractivity contribution < 1.29 is 4.79 Å². The normalized spacial score (nSPS) is 11.8. The maximum Gasteiger partial charge on any atom is 0.223 e. The lowest BCUT2D eigenvalue weighted by Crippen LogP contribution is -2.34. The van der Waals surface area contributed by atoms with E-state index in [0.717, 1.165) is 18.7 Å². The number of rotatable bonds is 5. The Labute approximate surface area is 119 Å². The molecule has 0 aliphatic heterocycles. The Morgan fingerprint density at radius 2 is 2.37 bits per heavy atom. The maximum atomic E-state index is 11.5. The first-order valence-corrected chi connectivity index (χ1v) is 7.11. The van der Waals surface area contributed by atoms with Gasteiger partial charge in [0.25, 0.3) is 0 Å². The Balaban J connectivity index is 2.59. The Morgan fingerprint density at radius 3 is 3.00 bits per heavy atom. The molecule has 1 unspecified atom stereocenters. The Morgan fingerprint density at radius 1 is 1.63 bits per heavy atom. The number of carbonyl (C=O) groups excluding carboxylic acids is 1. The van der Waals surface area contributed by atoms with Crippen LogP contribution < -0.4 is 11.1 Å². The molecule has 0 saturated carbocycles. The number of carbonyl (C=O) groups is 1. The van der Waals surface area contributed by atoms with E-state index >= 15 is 0 Å². The number of nitrogens with zero attached hydrogens (tertiary/aromatic N) is 1. The fourth-order valence-electron chi connectivity index (χ4n) is 1.83. The van der Waals surface area contributed by atoms with Gasteiger partial charge in [0.05, 0.1) is 6.54 Å². The van der Waals surface area contributed by atoms with Gasteiger partial charge in [-0.05, 0) is 18.5 Å². The summed E-state index contributed by atoms with van der Waals surface area (Å²) >= 11 is 1.68. The first-order chi connectivity index (χ1) is 9.08. The summed E-state index contributed by atoms with van der Waals surface area (Å²) in [5.41, 5.74) is 6.42. The number of nitrogens with two attached hydrogens (primary N) is 1. The van der Waals surface area contributed by atoms with E-state index in [1.807, 2.05) is 25.4 Å². The van der Waals surface area contributed by atoms with Gasteiger partial charge >= 0.3 is 0 Å². The van der Waals surface area contributed by atoms with Gasteiger partial charge in [0.1, 0.15) is 0 Å². The zero-order valence-corrected chi connectivity index (χ0v) is 12.5. The molecule has 1 heterocycles. The van der Waals surface area contributed by atoms with Crippen LogP contribution in [-0.4, -0.2) is 38.0 Å². The van der Waals surface area contributed by atoms with E-state index in [1.165, 1.54) is 4.88 Å². The van der Waals surface area contributed by atoms with Crippen LogP contribution in [0, 0.1) is 17.8 Å². The van der Waals surface area contributed by atoms with Crippen molar-refractivity contribution >= 4 is 17.2 Å². The molecular weight excluding hydrogens is 258 g/mol. The summed E-state index contributed by atoms with van der Waals surface area (Å²) in [6.45, 7) is 3.83. The van der Waals surface area contributed by atoms with Gasteiger partial charge in [0.2, 0.25) is 5.91 Å². The molecule has 1 aromatic heterocycles. The van der Waals surface area contributed by atoms with Gasteiger partial charge in [-0.3, -0.25) is 4.79 Å². The predicted octanol–water partition coefficient (Wildman–Crippen LogP) is 0.872. The molecule has 104 valence electrons. The second kappa shape index (κ2) is 7.95. The van der Waals surface area contributed by atoms with Crippen LogP contribution in [-0.2, 0) is 11.3 Å². The molecule has 1 amide bonds. The summed E-state index contributed by atoms with van der Waals surface area (Å²) < 4.78 is 0. The van der Waals surface area contributed by atoms with Crippen molar-refractivity contribution in [2.45, 2.75) is 13.5 Å². The quantitative estimate of drug-likeness (QED) is 0.786. The van der Waals surface area contributed by atoms with Crippen molar-refractivity contribution in [2.75, 3.05) is 27.2 Å². The molecule has 0 bridgehead atoms. The SMILES string of the molecule is CNC(=O)C(C)CN(C)Cc1sccc1C#CCN. The third-order valence-electron chi connectivity index (χ3n) is 2.76. The summed E-state index contributed by atoms with van der Waals surface area (Å²) in [7, 11) is 3.68. The van der Waals surface area contributed by atoms with Crippen LogP contribution >= 0.6 is 11.3 Å². The molecular formula is C14H21N3OS. The lowest BCUT2D eigenvalue weighted by atomic mass is 10.1. The molecule has 0 aromatic carbocycles. The standard InChI is InChI=1S/C14H21N3OS/c1-11(14(18)16-2)9-17(3)10-13-12(5-4-7-15)6-8-19-13/h6,8,11H,7,9-10,15H2,1-3H3,(H,16,18). The summed E-state index contributed by atoms with van der Waals surface area (Å²) in [4.78, 5) is 14.8. The van der Waals surface area contributed by atoms with E-state index < -0.39 is 0 Å². The molecule has 4 nitrogen and oxygen atoms in total. The average molecular weight is 279 g/mol. The third kappa shape index (κ3) is 5.03. The van der Waals surface area contributed by atoms with Gasteiger partial charge in [-0.2, -0.15) is 0 Å². The molecule has 0 fully saturated rings. The molecule has 0 spiro atoms. The molecule has 1 rings (SSSR count). The molecule has 1 atom stereocenters. The number of nitrogens with one attached hydrogen (secondary N) is 1. The monoisotopic (exact) mass is 279 g/mol. The Hall–Kier alpha value is -1.35. The van der Waals surface area contributed by atoms with Gasteiger partial charge in [0, 0.05) is 36.5 Å². The second-order valence-corrected chi connectivity index (χ2v) is 5.48. The van der Waals surface area contributed by atoms with Crippen LogP contribution in [0.5, 0.6) is 0 Å². The molecule has 1 aromatic rings. The van der Waals surface area contributed by atoms with Crippen molar-refractivity contribution in [3.05, 3.63) is 21.9 Å². The predicted molar refractivity (Wildman–Crippen MR) is 79.8 cm³/mol. The van der Waals surface area contributed by atoms with E-state index in [4.69, 9.17) is 5.73 Å². The Bertz CT molecular complexity index is 473. The fraction of sp³-hybridized carbons (Fsp3) is 0.500. The van der Waals surface area contributed by atoms with E-state index in [0.29, 0.717) is 6.54 Å². The van der Waals surface area contributed by atoms with Crippen LogP contribution in [0.2, 0.25) is 0 Å². The van der Waals surface area contributed by atoms with Crippen molar-refractivity contribution in [3.8, 4) is 11.8 Å². The van der Waals surface area contributed by atoms with E-state index in [1.54, 1.807) is 18.4 Å². The van der Waals surface area contributed by atoms with Gasteiger partial charge < -0.3 is 16.0 Å². The topological polar surface area (TPSA) is 58.4 Å². The van der Waals surface area contributed by atoms with Crippen LogP contribution in [0.3, 0.4) is 0 Å². The minimum atomic E-state index is -0.0199. The molecule has 3 N–H and O–H groups in total. The van der Waals surface area contributed by atoms with Crippen molar-refractivity contribution in [3.63, 3.8) is 0 Å². The average Bonchev–Trinajstić information content (AvgIpc) is 2.82. The van der Waals surface area contributed by atoms with Crippen molar-refractivity contribution in [1.29, 1.82) is 0 Å². The van der Waals surface area contributed by atoms with Gasteiger partial charge in [-0.25, -0.2) is 0 Å². The fourth-order valence-corrected chi connectivity index (χ4v) is 2.74. The highest BCUT2D eigenvalue weighted by molar-refractivity contribution is 7.10. The number of hydrogen-bond acceptors (Lipinski definition) is 4. The van der Waals surface area contributed by atoms with Crippen LogP contribution in [0.4, 0.5) is 0 Å². The molecule has 0 radical (unpaired) electrons. The molecule has 5 heteroatoms. The van der Waals surface area contributed by atoms with Crippen molar-refractivity contribution in [1.82, 2.24) is 10.2 Å². The van der Waals surface area contributed by atoms with E-state index in [-0.39, 0.29) is 11.8 Å². The largest absolute Gasteiger partial charge is 0.359 e. The molecule has 0 aliphatic carbocycles. The third-order valence-corrected chi connectivity index (χ3v) is 3.67. The summed E-state index contributed by atoms with van der Waals surface area (Å²) in [6.07, 6.45) is 0. The lowest BCUT2D eigenvalue weighted by molar-refractivity contribution is -0.124. The summed E-state index contributed by atoms with van der Waals surface area (Å²) in [6, 6.07) is 2.01. The minimum absolute atomic E-state index is 0.0199. The number of amides is 1. The molecule has 19 heavy (non-hydrogen) atoms. The van der Waals surface area contributed by atoms with Gasteiger partial charge in [-0.15, -0.1) is 11.3 Å².